The van der Waals surface area contributed by atoms with Crippen LogP contribution in [-0.2, 0) is 6.42 Å². The van der Waals surface area contributed by atoms with Crippen molar-refractivity contribution in [3.8, 4) is 0 Å². The van der Waals surface area contributed by atoms with Crippen LogP contribution in [0, 0.1) is 5.92 Å². The van der Waals surface area contributed by atoms with Crippen LogP contribution < -0.4 is 0 Å². The summed E-state index contributed by atoms with van der Waals surface area (Å²) in [5, 5.41) is 13.2. The van der Waals surface area contributed by atoms with Crippen LogP contribution in [0.5, 0.6) is 0 Å². The highest BCUT2D eigenvalue weighted by Gasteiger charge is 2.05. The largest absolute Gasteiger partial charge is 0.396 e. The lowest BCUT2D eigenvalue weighted by molar-refractivity contribution is 0.222. The molecule has 62 valence electrons. The van der Waals surface area contributed by atoms with Crippen LogP contribution in [0.3, 0.4) is 0 Å². The zero-order chi connectivity index (χ0) is 8.10. The van der Waals surface area contributed by atoms with Gasteiger partial charge >= 0.3 is 0 Å². The molecule has 1 rings (SSSR count). The molecule has 0 amide bonds. The van der Waals surface area contributed by atoms with Gasteiger partial charge in [0.2, 0.25) is 0 Å². The fourth-order valence-corrected chi connectivity index (χ4v) is 1.76. The maximum atomic E-state index is 8.93. The van der Waals surface area contributed by atoms with Gasteiger partial charge in [-0.25, -0.2) is 0 Å². The Kier molecular flexibility index (Phi) is 3.60. The first kappa shape index (κ1) is 8.75. The highest BCUT2D eigenvalue weighted by Crippen LogP contribution is 2.13. The third kappa shape index (κ3) is 2.64. The molecule has 0 aliphatic heterocycles. The van der Waals surface area contributed by atoms with Gasteiger partial charge in [0.25, 0.3) is 0 Å². The van der Waals surface area contributed by atoms with Crippen molar-refractivity contribution in [3.05, 3.63) is 22.4 Å². The SMILES string of the molecule is CCC(CO)Cc1ccsc1. The molecule has 1 N–H and O–H groups in total. The van der Waals surface area contributed by atoms with Crippen LogP contribution in [0.4, 0.5) is 0 Å². The van der Waals surface area contributed by atoms with Gasteiger partial charge in [0, 0.05) is 6.61 Å². The normalized spacial score (nSPS) is 13.3. The Hall–Kier alpha value is -0.340. The smallest absolute Gasteiger partial charge is 0.0462 e. The highest BCUT2D eigenvalue weighted by molar-refractivity contribution is 7.07. The van der Waals surface area contributed by atoms with Crippen LogP contribution in [0.25, 0.3) is 0 Å². The average molecular weight is 170 g/mol. The van der Waals surface area contributed by atoms with Crippen molar-refractivity contribution in [2.45, 2.75) is 19.8 Å². The van der Waals surface area contributed by atoms with Gasteiger partial charge in [0.05, 0.1) is 0 Å². The van der Waals surface area contributed by atoms with Gasteiger partial charge in [-0.15, -0.1) is 0 Å². The molecular formula is C9H14OS. The second-order valence-electron chi connectivity index (χ2n) is 2.79. The second kappa shape index (κ2) is 4.52. The van der Waals surface area contributed by atoms with Gasteiger partial charge in [0.1, 0.15) is 0 Å². The molecule has 0 saturated carbocycles. The monoisotopic (exact) mass is 170 g/mol. The Balaban J connectivity index is 2.41. The molecule has 0 aromatic carbocycles. The van der Waals surface area contributed by atoms with Crippen molar-refractivity contribution in [2.24, 2.45) is 5.92 Å². The molecule has 1 aromatic rings. The number of hydrogen-bond acceptors (Lipinski definition) is 2. The van der Waals surface area contributed by atoms with Gasteiger partial charge in [-0.2, -0.15) is 11.3 Å². The molecule has 1 atom stereocenters. The summed E-state index contributed by atoms with van der Waals surface area (Å²) in [7, 11) is 0. The molecule has 0 aliphatic carbocycles. The predicted octanol–water partition coefficient (Wildman–Crippen LogP) is 2.31. The Morgan fingerprint density at radius 3 is 2.91 bits per heavy atom. The summed E-state index contributed by atoms with van der Waals surface area (Å²) in [5.74, 6) is 0.449. The summed E-state index contributed by atoms with van der Waals surface area (Å²) in [6.07, 6.45) is 2.09. The Bertz CT molecular complexity index is 177. The van der Waals surface area contributed by atoms with E-state index in [1.165, 1.54) is 5.56 Å². The molecule has 0 radical (unpaired) electrons. The van der Waals surface area contributed by atoms with Crippen LogP contribution in [0.2, 0.25) is 0 Å². The fourth-order valence-electron chi connectivity index (χ4n) is 1.08. The van der Waals surface area contributed by atoms with Crippen LogP contribution >= 0.6 is 11.3 Å². The number of thiophene rings is 1. The van der Waals surface area contributed by atoms with Crippen molar-refractivity contribution in [1.29, 1.82) is 0 Å². The van der Waals surface area contributed by atoms with Gasteiger partial charge in [0.15, 0.2) is 0 Å². The molecule has 1 aromatic heterocycles. The number of aliphatic hydroxyl groups is 1. The zero-order valence-electron chi connectivity index (χ0n) is 6.79. The molecule has 11 heavy (non-hydrogen) atoms. The molecule has 0 saturated heterocycles. The molecule has 0 fully saturated rings. The number of rotatable bonds is 4. The maximum Gasteiger partial charge on any atom is 0.0462 e. The topological polar surface area (TPSA) is 20.2 Å². The molecule has 1 unspecified atom stereocenters. The van der Waals surface area contributed by atoms with E-state index in [1.807, 2.05) is 0 Å². The molecule has 2 heteroatoms. The highest BCUT2D eigenvalue weighted by atomic mass is 32.1. The summed E-state index contributed by atoms with van der Waals surface area (Å²) in [6, 6.07) is 2.13. The lowest BCUT2D eigenvalue weighted by atomic mass is 10.00. The molecule has 1 nitrogen and oxygen atoms in total. The minimum absolute atomic E-state index is 0.312. The average Bonchev–Trinajstić information content (AvgIpc) is 2.52. The Labute approximate surface area is 71.7 Å². The summed E-state index contributed by atoms with van der Waals surface area (Å²) >= 11 is 1.72. The van der Waals surface area contributed by atoms with E-state index in [9.17, 15) is 0 Å². The van der Waals surface area contributed by atoms with Gasteiger partial charge in [-0.1, -0.05) is 13.3 Å². The van der Waals surface area contributed by atoms with E-state index in [-0.39, 0.29) is 0 Å². The van der Waals surface area contributed by atoms with Crippen LogP contribution in [-0.4, -0.2) is 11.7 Å². The predicted molar refractivity (Wildman–Crippen MR) is 48.9 cm³/mol. The van der Waals surface area contributed by atoms with Crippen molar-refractivity contribution in [1.82, 2.24) is 0 Å². The minimum Gasteiger partial charge on any atom is -0.396 e. The quantitative estimate of drug-likeness (QED) is 0.735. The van der Waals surface area contributed by atoms with Gasteiger partial charge < -0.3 is 5.11 Å². The Morgan fingerprint density at radius 2 is 2.45 bits per heavy atom. The lowest BCUT2D eigenvalue weighted by Crippen LogP contribution is -2.07. The Morgan fingerprint density at radius 1 is 1.64 bits per heavy atom. The summed E-state index contributed by atoms with van der Waals surface area (Å²) in [5.41, 5.74) is 1.36. The summed E-state index contributed by atoms with van der Waals surface area (Å²) in [6.45, 7) is 2.43. The van der Waals surface area contributed by atoms with Gasteiger partial charge in [-0.05, 0) is 34.7 Å². The molecular weight excluding hydrogens is 156 g/mol. The minimum atomic E-state index is 0.312. The molecule has 1 heterocycles. The number of aliphatic hydroxyl groups excluding tert-OH is 1. The van der Waals surface area contributed by atoms with Crippen molar-refractivity contribution in [3.63, 3.8) is 0 Å². The first-order valence-corrected chi connectivity index (χ1v) is 4.93. The van der Waals surface area contributed by atoms with Crippen molar-refractivity contribution >= 4 is 11.3 Å². The van der Waals surface area contributed by atoms with E-state index in [0.29, 0.717) is 12.5 Å². The number of hydrogen-bond donors (Lipinski definition) is 1. The first-order valence-electron chi connectivity index (χ1n) is 3.98. The van der Waals surface area contributed by atoms with E-state index in [1.54, 1.807) is 11.3 Å². The third-order valence-electron chi connectivity index (χ3n) is 1.94. The molecule has 0 aliphatic rings. The zero-order valence-corrected chi connectivity index (χ0v) is 7.60. The van der Waals surface area contributed by atoms with Crippen molar-refractivity contribution in [2.75, 3.05) is 6.61 Å². The molecule has 0 bridgehead atoms. The fraction of sp³-hybridized carbons (Fsp3) is 0.556. The second-order valence-corrected chi connectivity index (χ2v) is 3.57. The van der Waals surface area contributed by atoms with Crippen LogP contribution in [0.15, 0.2) is 16.8 Å². The van der Waals surface area contributed by atoms with E-state index in [0.717, 1.165) is 12.8 Å². The van der Waals surface area contributed by atoms with Gasteiger partial charge in [-0.3, -0.25) is 0 Å². The standard InChI is InChI=1S/C9H14OS/c1-2-8(6-10)5-9-3-4-11-7-9/h3-4,7-8,10H,2,5-6H2,1H3. The summed E-state index contributed by atoms with van der Waals surface area (Å²) < 4.78 is 0. The van der Waals surface area contributed by atoms with E-state index in [2.05, 4.69) is 23.8 Å². The lowest BCUT2D eigenvalue weighted by Gasteiger charge is -2.08. The van der Waals surface area contributed by atoms with E-state index >= 15 is 0 Å². The van der Waals surface area contributed by atoms with Crippen LogP contribution in [0.1, 0.15) is 18.9 Å². The maximum absolute atomic E-state index is 8.93. The molecule has 0 spiro atoms. The van der Waals surface area contributed by atoms with E-state index in [4.69, 9.17) is 5.11 Å². The van der Waals surface area contributed by atoms with Crippen molar-refractivity contribution < 1.29 is 5.11 Å². The summed E-state index contributed by atoms with van der Waals surface area (Å²) in [4.78, 5) is 0. The third-order valence-corrected chi connectivity index (χ3v) is 2.67. The first-order chi connectivity index (χ1) is 5.36. The van der Waals surface area contributed by atoms with E-state index < -0.39 is 0 Å².